The van der Waals surface area contributed by atoms with Crippen molar-refractivity contribution < 1.29 is 4.74 Å². The molecule has 1 N–H and O–H groups in total. The first kappa shape index (κ1) is 9.96. The van der Waals surface area contributed by atoms with Crippen LogP contribution in [0.1, 0.15) is 0 Å². The maximum Gasteiger partial charge on any atom is 0.237 e. The van der Waals surface area contributed by atoms with Crippen LogP contribution in [0.25, 0.3) is 0 Å². The summed E-state index contributed by atoms with van der Waals surface area (Å²) in [6, 6.07) is 0. The molecule has 0 radical (unpaired) electrons. The lowest BCUT2D eigenvalue weighted by Crippen LogP contribution is -2.45. The SMILES string of the molecule is Clc1ncc(Cl)c(OCC2CNC2)n1. The molecule has 14 heavy (non-hydrogen) atoms. The maximum atomic E-state index is 5.82. The van der Waals surface area contributed by atoms with Crippen molar-refractivity contribution in [2.75, 3.05) is 19.7 Å². The summed E-state index contributed by atoms with van der Waals surface area (Å²) in [5.74, 6) is 0.901. The molecule has 0 aromatic carbocycles. The number of ether oxygens (including phenoxy) is 1. The van der Waals surface area contributed by atoms with Gasteiger partial charge in [0, 0.05) is 19.0 Å². The number of nitrogens with one attached hydrogen (secondary N) is 1. The zero-order valence-electron chi connectivity index (χ0n) is 7.33. The monoisotopic (exact) mass is 233 g/mol. The van der Waals surface area contributed by atoms with E-state index in [1.54, 1.807) is 0 Å². The van der Waals surface area contributed by atoms with E-state index in [2.05, 4.69) is 15.3 Å². The van der Waals surface area contributed by atoms with Crippen molar-refractivity contribution in [3.05, 3.63) is 16.5 Å². The minimum atomic E-state index is 0.149. The van der Waals surface area contributed by atoms with Crippen molar-refractivity contribution in [3.63, 3.8) is 0 Å². The molecule has 2 rings (SSSR count). The molecule has 2 heterocycles. The Morgan fingerprint density at radius 1 is 1.50 bits per heavy atom. The highest BCUT2D eigenvalue weighted by Gasteiger charge is 2.18. The largest absolute Gasteiger partial charge is 0.476 e. The summed E-state index contributed by atoms with van der Waals surface area (Å²) in [6.07, 6.45) is 1.44. The third-order valence-corrected chi connectivity index (χ3v) is 2.45. The molecular formula is C8H9Cl2N3O. The Kier molecular flexibility index (Phi) is 3.05. The fourth-order valence-electron chi connectivity index (χ4n) is 1.10. The smallest absolute Gasteiger partial charge is 0.237 e. The van der Waals surface area contributed by atoms with Gasteiger partial charge in [0.1, 0.15) is 5.02 Å². The van der Waals surface area contributed by atoms with Crippen molar-refractivity contribution in [1.29, 1.82) is 0 Å². The molecule has 0 amide bonds. The average molecular weight is 234 g/mol. The van der Waals surface area contributed by atoms with E-state index in [1.165, 1.54) is 6.20 Å². The molecule has 0 unspecified atom stereocenters. The van der Waals surface area contributed by atoms with Crippen LogP contribution >= 0.6 is 23.2 Å². The molecule has 1 aromatic heterocycles. The summed E-state index contributed by atoms with van der Waals surface area (Å²) < 4.78 is 5.41. The second-order valence-electron chi connectivity index (χ2n) is 3.13. The summed E-state index contributed by atoms with van der Waals surface area (Å²) in [4.78, 5) is 7.61. The first-order chi connectivity index (χ1) is 6.75. The topological polar surface area (TPSA) is 47.0 Å². The molecule has 1 fully saturated rings. The second-order valence-corrected chi connectivity index (χ2v) is 3.87. The number of hydrogen-bond acceptors (Lipinski definition) is 4. The van der Waals surface area contributed by atoms with Crippen molar-refractivity contribution in [1.82, 2.24) is 15.3 Å². The summed E-state index contributed by atoms with van der Waals surface area (Å²) in [7, 11) is 0. The Bertz CT molecular complexity index is 330. The van der Waals surface area contributed by atoms with Gasteiger partial charge in [-0.3, -0.25) is 0 Å². The Labute approximate surface area is 91.6 Å². The van der Waals surface area contributed by atoms with Crippen LogP contribution in [0, 0.1) is 5.92 Å². The Balaban J connectivity index is 1.96. The van der Waals surface area contributed by atoms with Gasteiger partial charge in [0.05, 0.1) is 12.8 Å². The van der Waals surface area contributed by atoms with E-state index in [9.17, 15) is 0 Å². The molecule has 4 nitrogen and oxygen atoms in total. The predicted octanol–water partition coefficient (Wildman–Crippen LogP) is 1.38. The summed E-state index contributed by atoms with van der Waals surface area (Å²) >= 11 is 11.4. The van der Waals surface area contributed by atoms with E-state index in [1.807, 2.05) is 0 Å². The maximum absolute atomic E-state index is 5.82. The average Bonchev–Trinajstić information content (AvgIpc) is 2.08. The predicted molar refractivity (Wildman–Crippen MR) is 53.9 cm³/mol. The Morgan fingerprint density at radius 3 is 2.93 bits per heavy atom. The quantitative estimate of drug-likeness (QED) is 0.802. The first-order valence-corrected chi connectivity index (χ1v) is 5.03. The van der Waals surface area contributed by atoms with Gasteiger partial charge >= 0.3 is 0 Å². The van der Waals surface area contributed by atoms with Gasteiger partial charge in [0.25, 0.3) is 0 Å². The van der Waals surface area contributed by atoms with Crippen LogP contribution in [0.5, 0.6) is 5.88 Å². The first-order valence-electron chi connectivity index (χ1n) is 4.27. The van der Waals surface area contributed by atoms with Gasteiger partial charge in [-0.1, -0.05) is 11.6 Å². The zero-order valence-corrected chi connectivity index (χ0v) is 8.85. The number of hydrogen-bond donors (Lipinski definition) is 1. The third kappa shape index (κ3) is 2.26. The molecule has 76 valence electrons. The van der Waals surface area contributed by atoms with Crippen LogP contribution in [-0.2, 0) is 0 Å². The van der Waals surface area contributed by atoms with Crippen LogP contribution in [-0.4, -0.2) is 29.7 Å². The fraction of sp³-hybridized carbons (Fsp3) is 0.500. The van der Waals surface area contributed by atoms with Gasteiger partial charge in [-0.15, -0.1) is 0 Å². The summed E-state index contributed by atoms with van der Waals surface area (Å²) in [5, 5.41) is 3.69. The number of aromatic nitrogens is 2. The van der Waals surface area contributed by atoms with Gasteiger partial charge in [0.15, 0.2) is 0 Å². The zero-order chi connectivity index (χ0) is 9.97. The van der Waals surface area contributed by atoms with Crippen LogP contribution in [0.2, 0.25) is 10.3 Å². The van der Waals surface area contributed by atoms with E-state index in [-0.39, 0.29) is 5.28 Å². The van der Waals surface area contributed by atoms with E-state index in [0.717, 1.165) is 13.1 Å². The van der Waals surface area contributed by atoms with Crippen LogP contribution in [0.4, 0.5) is 0 Å². The number of rotatable bonds is 3. The van der Waals surface area contributed by atoms with E-state index >= 15 is 0 Å². The summed E-state index contributed by atoms with van der Waals surface area (Å²) in [5.41, 5.74) is 0. The fourth-order valence-corrected chi connectivity index (χ4v) is 1.37. The summed E-state index contributed by atoms with van der Waals surface area (Å²) in [6.45, 7) is 2.58. The molecule has 0 bridgehead atoms. The molecule has 0 atom stereocenters. The van der Waals surface area contributed by atoms with Gasteiger partial charge in [-0.2, -0.15) is 4.98 Å². The van der Waals surface area contributed by atoms with Crippen LogP contribution in [0.15, 0.2) is 6.20 Å². The Hall–Kier alpha value is -0.580. The highest BCUT2D eigenvalue weighted by Crippen LogP contribution is 2.22. The van der Waals surface area contributed by atoms with Crippen molar-refractivity contribution in [2.45, 2.75) is 0 Å². The molecule has 1 aliphatic heterocycles. The van der Waals surface area contributed by atoms with Crippen LogP contribution < -0.4 is 10.1 Å². The molecule has 6 heteroatoms. The highest BCUT2D eigenvalue weighted by molar-refractivity contribution is 6.32. The number of nitrogens with zero attached hydrogens (tertiary/aromatic N) is 2. The highest BCUT2D eigenvalue weighted by atomic mass is 35.5. The van der Waals surface area contributed by atoms with Gasteiger partial charge < -0.3 is 10.1 Å². The van der Waals surface area contributed by atoms with Gasteiger partial charge in [-0.05, 0) is 11.6 Å². The van der Waals surface area contributed by atoms with E-state index in [0.29, 0.717) is 23.4 Å². The van der Waals surface area contributed by atoms with Crippen molar-refractivity contribution in [3.8, 4) is 5.88 Å². The van der Waals surface area contributed by atoms with Gasteiger partial charge in [0.2, 0.25) is 11.2 Å². The normalized spacial score (nSPS) is 16.4. The second kappa shape index (κ2) is 4.29. The molecule has 0 aliphatic carbocycles. The molecule has 1 aliphatic rings. The lowest BCUT2D eigenvalue weighted by Gasteiger charge is -2.26. The minimum absolute atomic E-state index is 0.149. The van der Waals surface area contributed by atoms with E-state index < -0.39 is 0 Å². The molecule has 1 aromatic rings. The molecule has 0 spiro atoms. The lowest BCUT2D eigenvalue weighted by atomic mass is 10.1. The van der Waals surface area contributed by atoms with Gasteiger partial charge in [-0.25, -0.2) is 4.98 Å². The van der Waals surface area contributed by atoms with Crippen molar-refractivity contribution >= 4 is 23.2 Å². The standard InChI is InChI=1S/C8H9Cl2N3O/c9-6-3-12-8(10)13-7(6)14-4-5-1-11-2-5/h3,5,11H,1-2,4H2. The Morgan fingerprint density at radius 2 is 2.29 bits per heavy atom. The van der Waals surface area contributed by atoms with E-state index in [4.69, 9.17) is 27.9 Å². The lowest BCUT2D eigenvalue weighted by molar-refractivity contribution is 0.193. The third-order valence-electron chi connectivity index (χ3n) is 2.00. The van der Waals surface area contributed by atoms with Crippen molar-refractivity contribution in [2.24, 2.45) is 5.92 Å². The molecular weight excluding hydrogens is 225 g/mol. The number of halogens is 2. The molecule has 1 saturated heterocycles. The molecule has 0 saturated carbocycles. The minimum Gasteiger partial charge on any atom is -0.476 e. The van der Waals surface area contributed by atoms with Crippen LogP contribution in [0.3, 0.4) is 0 Å².